The average Bonchev–Trinajstić information content (AvgIpc) is 2.72. The number of nitrogens with zero attached hydrogens (tertiary/aromatic N) is 1. The summed E-state index contributed by atoms with van der Waals surface area (Å²) in [7, 11) is 0. The van der Waals surface area contributed by atoms with Crippen molar-refractivity contribution in [2.24, 2.45) is 0 Å². The van der Waals surface area contributed by atoms with Gasteiger partial charge in [-0.3, -0.25) is 9.59 Å². The van der Waals surface area contributed by atoms with Crippen LogP contribution in [-0.4, -0.2) is 24.2 Å². The van der Waals surface area contributed by atoms with Gasteiger partial charge in [0, 0.05) is 28.1 Å². The van der Waals surface area contributed by atoms with Crippen molar-refractivity contribution in [3.63, 3.8) is 0 Å². The lowest BCUT2D eigenvalue weighted by atomic mass is 9.87. The fraction of sp³-hybridized carbons (Fsp3) is 0.227. The molecule has 1 atom stereocenters. The summed E-state index contributed by atoms with van der Waals surface area (Å²) in [4.78, 5) is 24.6. The lowest BCUT2D eigenvalue weighted by Crippen LogP contribution is -2.31. The maximum atomic E-state index is 12.4. The van der Waals surface area contributed by atoms with E-state index in [-0.39, 0.29) is 29.9 Å². The number of hydrogen-bond donors (Lipinski definition) is 2. The van der Waals surface area contributed by atoms with Crippen LogP contribution in [0.5, 0.6) is 5.75 Å². The monoisotopic (exact) mass is 475 g/mol. The van der Waals surface area contributed by atoms with Crippen LogP contribution in [0.3, 0.4) is 0 Å². The van der Waals surface area contributed by atoms with E-state index in [1.165, 1.54) is 0 Å². The molecule has 160 valence electrons. The van der Waals surface area contributed by atoms with Gasteiger partial charge in [-0.1, -0.05) is 47.1 Å². The Hall–Kier alpha value is -2.66. The zero-order valence-electron chi connectivity index (χ0n) is 16.6. The number of carbonyl (C=O) groups is 2. The highest BCUT2D eigenvalue weighted by molar-refractivity contribution is 8.03. The van der Waals surface area contributed by atoms with Crippen LogP contribution in [0.25, 0.3) is 0 Å². The van der Waals surface area contributed by atoms with Gasteiger partial charge in [-0.15, -0.1) is 0 Å². The molecule has 0 aromatic heterocycles. The van der Waals surface area contributed by atoms with E-state index in [1.807, 2.05) is 31.2 Å². The van der Waals surface area contributed by atoms with Crippen LogP contribution in [0.4, 0.5) is 5.69 Å². The second-order valence-corrected chi connectivity index (χ2v) is 8.51. The predicted octanol–water partition coefficient (Wildman–Crippen LogP) is 5.10. The molecule has 9 heteroatoms. The van der Waals surface area contributed by atoms with E-state index in [1.54, 1.807) is 18.2 Å². The summed E-state index contributed by atoms with van der Waals surface area (Å²) in [6.45, 7) is 2.45. The van der Waals surface area contributed by atoms with Crippen LogP contribution in [-0.2, 0) is 9.59 Å². The number of carbonyl (C=O) groups excluding carboxylic acids is 2. The molecular weight excluding hydrogens is 457 g/mol. The quantitative estimate of drug-likeness (QED) is 0.580. The van der Waals surface area contributed by atoms with Gasteiger partial charge in [0.05, 0.1) is 29.0 Å². The number of nitriles is 1. The Morgan fingerprint density at radius 2 is 1.94 bits per heavy atom. The maximum absolute atomic E-state index is 12.4. The molecule has 2 amide bonds. The minimum Gasteiger partial charge on any atom is -0.494 e. The van der Waals surface area contributed by atoms with Crippen molar-refractivity contribution in [1.29, 1.82) is 5.26 Å². The third-order valence-corrected chi connectivity index (χ3v) is 5.90. The standard InChI is InChI=1S/C22H19Cl2N3O3S/c1-2-30-17-5-3-13(4-6-17)18-10-20(28)27-22(19(18)11-25)31-12-21(29)26-16-8-14(23)7-15(24)9-16/h3-9,18H,2,10,12H2,1H3,(H,26,29)(H,27,28)/t18-/m1/s1. The molecule has 0 saturated carbocycles. The van der Waals surface area contributed by atoms with Crippen LogP contribution in [0, 0.1) is 11.3 Å². The summed E-state index contributed by atoms with van der Waals surface area (Å²) < 4.78 is 5.45. The van der Waals surface area contributed by atoms with Crippen LogP contribution >= 0.6 is 35.0 Å². The summed E-state index contributed by atoms with van der Waals surface area (Å²) in [5.74, 6) is -0.179. The summed E-state index contributed by atoms with van der Waals surface area (Å²) >= 11 is 13.0. The summed E-state index contributed by atoms with van der Waals surface area (Å²) in [6, 6.07) is 14.3. The van der Waals surface area contributed by atoms with E-state index in [4.69, 9.17) is 27.9 Å². The Bertz CT molecular complexity index is 1040. The molecule has 0 saturated heterocycles. The van der Waals surface area contributed by atoms with Crippen LogP contribution in [0.2, 0.25) is 10.0 Å². The number of rotatable bonds is 7. The number of anilines is 1. The molecule has 2 aromatic carbocycles. The minimum absolute atomic E-state index is 0.000916. The van der Waals surface area contributed by atoms with Gasteiger partial charge in [-0.2, -0.15) is 5.26 Å². The highest BCUT2D eigenvalue weighted by atomic mass is 35.5. The van der Waals surface area contributed by atoms with E-state index >= 15 is 0 Å². The van der Waals surface area contributed by atoms with E-state index in [2.05, 4.69) is 16.7 Å². The Morgan fingerprint density at radius 3 is 2.55 bits per heavy atom. The number of ether oxygens (including phenoxy) is 1. The van der Waals surface area contributed by atoms with Crippen molar-refractivity contribution >= 4 is 52.5 Å². The summed E-state index contributed by atoms with van der Waals surface area (Å²) in [5, 5.41) is 16.4. The number of nitrogens with one attached hydrogen (secondary N) is 2. The SMILES string of the molecule is CCOc1ccc([C@H]2CC(=O)NC(SCC(=O)Nc3cc(Cl)cc(Cl)c3)=C2C#N)cc1. The van der Waals surface area contributed by atoms with Gasteiger partial charge in [0.1, 0.15) is 5.75 Å². The second-order valence-electron chi connectivity index (χ2n) is 6.66. The van der Waals surface area contributed by atoms with Gasteiger partial charge in [-0.05, 0) is 42.8 Å². The number of thioether (sulfide) groups is 1. The number of hydrogen-bond acceptors (Lipinski definition) is 5. The number of halogens is 2. The van der Waals surface area contributed by atoms with E-state index in [9.17, 15) is 14.9 Å². The largest absolute Gasteiger partial charge is 0.494 e. The lowest BCUT2D eigenvalue weighted by Gasteiger charge is -2.25. The molecule has 0 aliphatic carbocycles. The van der Waals surface area contributed by atoms with Crippen LogP contribution in [0.15, 0.2) is 53.1 Å². The van der Waals surface area contributed by atoms with Crippen molar-refractivity contribution < 1.29 is 14.3 Å². The summed E-state index contributed by atoms with van der Waals surface area (Å²) in [5.41, 5.74) is 1.73. The van der Waals surface area contributed by atoms with E-state index in [0.717, 1.165) is 23.1 Å². The zero-order valence-corrected chi connectivity index (χ0v) is 18.9. The third-order valence-electron chi connectivity index (χ3n) is 4.44. The summed E-state index contributed by atoms with van der Waals surface area (Å²) in [6.07, 6.45) is 0.161. The fourth-order valence-electron chi connectivity index (χ4n) is 3.14. The van der Waals surface area contributed by atoms with Crippen molar-refractivity contribution in [3.05, 3.63) is 68.7 Å². The Kier molecular flexibility index (Phi) is 7.85. The molecule has 0 unspecified atom stereocenters. The smallest absolute Gasteiger partial charge is 0.234 e. The normalized spacial score (nSPS) is 15.8. The number of amides is 2. The van der Waals surface area contributed by atoms with Gasteiger partial charge in [-0.25, -0.2) is 0 Å². The van der Waals surface area contributed by atoms with Crippen molar-refractivity contribution in [2.45, 2.75) is 19.3 Å². The molecule has 2 N–H and O–H groups in total. The molecule has 2 aromatic rings. The van der Waals surface area contributed by atoms with Crippen molar-refractivity contribution in [3.8, 4) is 11.8 Å². The predicted molar refractivity (Wildman–Crippen MR) is 123 cm³/mol. The maximum Gasteiger partial charge on any atom is 0.234 e. The molecule has 1 aliphatic heterocycles. The van der Waals surface area contributed by atoms with Crippen LogP contribution in [0.1, 0.15) is 24.8 Å². The van der Waals surface area contributed by atoms with Crippen molar-refractivity contribution in [1.82, 2.24) is 5.32 Å². The molecule has 0 bridgehead atoms. The molecule has 31 heavy (non-hydrogen) atoms. The van der Waals surface area contributed by atoms with Gasteiger partial charge in [0.2, 0.25) is 11.8 Å². The minimum atomic E-state index is -0.383. The highest BCUT2D eigenvalue weighted by Crippen LogP contribution is 2.36. The molecule has 6 nitrogen and oxygen atoms in total. The molecule has 0 fully saturated rings. The highest BCUT2D eigenvalue weighted by Gasteiger charge is 2.30. The Morgan fingerprint density at radius 1 is 1.26 bits per heavy atom. The average molecular weight is 476 g/mol. The lowest BCUT2D eigenvalue weighted by molar-refractivity contribution is -0.121. The fourth-order valence-corrected chi connectivity index (χ4v) is 4.54. The zero-order chi connectivity index (χ0) is 22.4. The molecule has 1 heterocycles. The first-order valence-corrected chi connectivity index (χ1v) is 11.2. The molecule has 0 radical (unpaired) electrons. The van der Waals surface area contributed by atoms with Gasteiger partial charge in [0.15, 0.2) is 0 Å². The molecule has 3 rings (SSSR count). The first-order chi connectivity index (χ1) is 14.9. The number of allylic oxidation sites excluding steroid dienone is 1. The molecular formula is C22H19Cl2N3O3S. The van der Waals surface area contributed by atoms with Gasteiger partial charge < -0.3 is 15.4 Å². The van der Waals surface area contributed by atoms with Gasteiger partial charge in [0.25, 0.3) is 0 Å². The third kappa shape index (κ3) is 6.17. The van der Waals surface area contributed by atoms with Crippen molar-refractivity contribution in [2.75, 3.05) is 17.7 Å². The van der Waals surface area contributed by atoms with Gasteiger partial charge >= 0.3 is 0 Å². The first-order valence-electron chi connectivity index (χ1n) is 9.45. The second kappa shape index (κ2) is 10.6. The number of benzene rings is 2. The topological polar surface area (TPSA) is 91.2 Å². The van der Waals surface area contributed by atoms with E-state index in [0.29, 0.717) is 32.9 Å². The first kappa shape index (κ1) is 23.0. The Labute approximate surface area is 194 Å². The molecule has 1 aliphatic rings. The Balaban J connectivity index is 1.74. The molecule has 0 spiro atoms. The van der Waals surface area contributed by atoms with E-state index < -0.39 is 0 Å². The van der Waals surface area contributed by atoms with Crippen LogP contribution < -0.4 is 15.4 Å².